The highest BCUT2D eigenvalue weighted by atomic mass is 35.5. The van der Waals surface area contributed by atoms with Crippen LogP contribution in [0.3, 0.4) is 0 Å². The zero-order chi connectivity index (χ0) is 25.7. The van der Waals surface area contributed by atoms with Crippen molar-refractivity contribution in [1.82, 2.24) is 24.6 Å². The largest absolute Gasteiger partial charge is 0.507 e. The van der Waals surface area contributed by atoms with Gasteiger partial charge in [-0.05, 0) is 30.7 Å². The van der Waals surface area contributed by atoms with Gasteiger partial charge in [-0.2, -0.15) is 5.10 Å². The molecule has 2 aromatic heterocycles. The minimum Gasteiger partial charge on any atom is -0.507 e. The van der Waals surface area contributed by atoms with Crippen LogP contribution in [0.2, 0.25) is 5.02 Å². The van der Waals surface area contributed by atoms with Crippen molar-refractivity contribution in [3.05, 3.63) is 59.0 Å². The summed E-state index contributed by atoms with van der Waals surface area (Å²) in [5, 5.41) is 14.6. The maximum absolute atomic E-state index is 14.9. The lowest BCUT2D eigenvalue weighted by Gasteiger charge is -2.39. The van der Waals surface area contributed by atoms with Gasteiger partial charge in [0.1, 0.15) is 40.1 Å². The summed E-state index contributed by atoms with van der Waals surface area (Å²) in [5.74, 6) is -1.64. The van der Waals surface area contributed by atoms with Crippen LogP contribution in [0.25, 0.3) is 22.6 Å². The molecule has 3 aromatic rings. The van der Waals surface area contributed by atoms with Crippen LogP contribution in [-0.2, 0) is 11.8 Å². The number of fused-ring (bicyclic) bond motifs is 2. The number of amides is 2. The molecule has 1 aromatic carbocycles. The molecular weight excluding hydrogens is 489 g/mol. The molecule has 1 N–H and O–H groups in total. The molecule has 0 spiro atoms. The van der Waals surface area contributed by atoms with E-state index in [9.17, 15) is 19.1 Å². The van der Waals surface area contributed by atoms with E-state index < -0.39 is 11.9 Å². The molecular formula is C25H23ClFN5O4. The first-order chi connectivity index (χ1) is 17.2. The Bertz CT molecular complexity index is 1380. The summed E-state index contributed by atoms with van der Waals surface area (Å²) < 4.78 is 22.6. The van der Waals surface area contributed by atoms with Crippen LogP contribution >= 0.6 is 11.6 Å². The van der Waals surface area contributed by atoms with Crippen molar-refractivity contribution >= 4 is 23.4 Å². The van der Waals surface area contributed by atoms with Gasteiger partial charge in [0.25, 0.3) is 5.91 Å². The molecule has 1 fully saturated rings. The fourth-order valence-electron chi connectivity index (χ4n) is 4.76. The molecule has 186 valence electrons. The first-order valence-electron chi connectivity index (χ1n) is 11.3. The van der Waals surface area contributed by atoms with Crippen LogP contribution in [0.1, 0.15) is 15.9 Å². The summed E-state index contributed by atoms with van der Waals surface area (Å²) in [6, 6.07) is 3.44. The highest BCUT2D eigenvalue weighted by molar-refractivity contribution is 6.35. The number of carbonyl (C=O) groups excluding carboxylic acids is 2. The van der Waals surface area contributed by atoms with E-state index in [1.807, 2.05) is 6.92 Å². The number of halogens is 2. The van der Waals surface area contributed by atoms with Gasteiger partial charge in [-0.3, -0.25) is 14.3 Å². The normalized spacial score (nSPS) is 17.2. The first kappa shape index (κ1) is 23.8. The predicted molar refractivity (Wildman–Crippen MR) is 130 cm³/mol. The molecule has 0 aliphatic carbocycles. The molecule has 5 rings (SSSR count). The first-order valence-corrected chi connectivity index (χ1v) is 11.7. The van der Waals surface area contributed by atoms with Gasteiger partial charge in [-0.25, -0.2) is 9.37 Å². The minimum absolute atomic E-state index is 0.0425. The summed E-state index contributed by atoms with van der Waals surface area (Å²) in [5.41, 5.74) is 1.33. The van der Waals surface area contributed by atoms with E-state index in [-0.39, 0.29) is 70.5 Å². The number of hydrogen-bond acceptors (Lipinski definition) is 6. The molecule has 2 aliphatic heterocycles. The Morgan fingerprint density at radius 2 is 2.08 bits per heavy atom. The second-order valence-corrected chi connectivity index (χ2v) is 9.09. The van der Waals surface area contributed by atoms with E-state index in [4.69, 9.17) is 16.3 Å². The van der Waals surface area contributed by atoms with Crippen molar-refractivity contribution in [3.8, 4) is 34.1 Å². The number of carbonyl (C=O) groups is 2. The molecule has 2 amide bonds. The molecule has 9 nitrogen and oxygen atoms in total. The topological polar surface area (TPSA) is 101 Å². The number of ether oxygens (including phenoxy) is 1. The Balaban J connectivity index is 1.74. The SMILES string of the molecule is C=CC(=O)N1CCN2C(=O)c3c(-c4c(C)cnn4C)nc(-c4c(O)cccc4F)c(Cl)c3OCC2C1. The van der Waals surface area contributed by atoms with Crippen LogP contribution in [0.5, 0.6) is 11.5 Å². The summed E-state index contributed by atoms with van der Waals surface area (Å²) in [6.45, 7) is 6.28. The predicted octanol–water partition coefficient (Wildman–Crippen LogP) is 3.19. The van der Waals surface area contributed by atoms with Crippen LogP contribution in [0.4, 0.5) is 4.39 Å². The molecule has 36 heavy (non-hydrogen) atoms. The molecule has 1 atom stereocenters. The maximum atomic E-state index is 14.9. The van der Waals surface area contributed by atoms with Gasteiger partial charge < -0.3 is 19.6 Å². The molecule has 4 heterocycles. The number of phenols is 1. The van der Waals surface area contributed by atoms with Crippen molar-refractivity contribution in [2.75, 3.05) is 26.2 Å². The van der Waals surface area contributed by atoms with E-state index in [2.05, 4.69) is 16.7 Å². The van der Waals surface area contributed by atoms with Crippen LogP contribution in [0.15, 0.2) is 37.1 Å². The van der Waals surface area contributed by atoms with E-state index in [0.717, 1.165) is 5.56 Å². The fourth-order valence-corrected chi connectivity index (χ4v) is 5.05. The number of aromatic hydroxyl groups is 1. The van der Waals surface area contributed by atoms with Gasteiger partial charge in [-0.1, -0.05) is 24.2 Å². The van der Waals surface area contributed by atoms with E-state index >= 15 is 0 Å². The smallest absolute Gasteiger partial charge is 0.260 e. The number of phenolic OH excluding ortho intramolecular Hbond substituents is 1. The fraction of sp³-hybridized carbons (Fsp3) is 0.280. The number of piperazine rings is 1. The lowest BCUT2D eigenvalue weighted by molar-refractivity contribution is -0.128. The second kappa shape index (κ2) is 8.94. The van der Waals surface area contributed by atoms with Crippen LogP contribution in [-0.4, -0.2) is 73.8 Å². The van der Waals surface area contributed by atoms with Gasteiger partial charge in [0, 0.05) is 26.7 Å². The van der Waals surface area contributed by atoms with E-state index in [0.29, 0.717) is 12.2 Å². The second-order valence-electron chi connectivity index (χ2n) is 8.71. The third-order valence-corrected chi connectivity index (χ3v) is 6.88. The van der Waals surface area contributed by atoms with E-state index in [1.165, 1.54) is 24.3 Å². The Hall–Kier alpha value is -3.92. The minimum atomic E-state index is -0.729. The summed E-state index contributed by atoms with van der Waals surface area (Å²) >= 11 is 6.72. The zero-order valence-electron chi connectivity index (χ0n) is 19.7. The van der Waals surface area contributed by atoms with Crippen molar-refractivity contribution in [2.45, 2.75) is 13.0 Å². The van der Waals surface area contributed by atoms with Gasteiger partial charge in [0.2, 0.25) is 5.91 Å². The highest BCUT2D eigenvalue weighted by Crippen LogP contribution is 2.46. The molecule has 2 aliphatic rings. The number of nitrogens with zero attached hydrogens (tertiary/aromatic N) is 5. The van der Waals surface area contributed by atoms with E-state index in [1.54, 1.807) is 27.7 Å². The third-order valence-electron chi connectivity index (χ3n) is 6.53. The van der Waals surface area contributed by atoms with Crippen molar-refractivity contribution < 1.29 is 23.8 Å². The summed E-state index contributed by atoms with van der Waals surface area (Å²) in [4.78, 5) is 34.0. The molecule has 1 unspecified atom stereocenters. The lowest BCUT2D eigenvalue weighted by atomic mass is 10.0. The number of benzene rings is 1. The van der Waals surface area contributed by atoms with Gasteiger partial charge in [-0.15, -0.1) is 0 Å². The Labute approximate surface area is 211 Å². The average Bonchev–Trinajstić information content (AvgIpc) is 3.11. The quantitative estimate of drug-likeness (QED) is 0.542. The average molecular weight is 512 g/mol. The van der Waals surface area contributed by atoms with Crippen molar-refractivity contribution in [2.24, 2.45) is 7.05 Å². The number of pyridine rings is 1. The molecule has 0 bridgehead atoms. The van der Waals surface area contributed by atoms with Gasteiger partial charge in [0.15, 0.2) is 5.75 Å². The Morgan fingerprint density at radius 3 is 2.75 bits per heavy atom. The number of rotatable bonds is 3. The molecule has 1 saturated heterocycles. The highest BCUT2D eigenvalue weighted by Gasteiger charge is 2.40. The lowest BCUT2D eigenvalue weighted by Crippen LogP contribution is -2.57. The van der Waals surface area contributed by atoms with Crippen molar-refractivity contribution in [1.29, 1.82) is 0 Å². The van der Waals surface area contributed by atoms with Gasteiger partial charge >= 0.3 is 0 Å². The standard InChI is InChI=1S/C25H23ClFN5O4/c1-4-17(34)31-8-9-32-14(11-31)12-36-24-19(25(32)35)22(23-13(2)10-28-30(23)3)29-21(20(24)26)18-15(27)6-5-7-16(18)33/h4-7,10,14,33H,1,8-9,11-12H2,2-3H3. The number of hydrogen-bond donors (Lipinski definition) is 1. The molecule has 0 saturated carbocycles. The number of aryl methyl sites for hydroxylation is 2. The van der Waals surface area contributed by atoms with Crippen LogP contribution < -0.4 is 4.74 Å². The number of aromatic nitrogens is 3. The van der Waals surface area contributed by atoms with Crippen molar-refractivity contribution in [3.63, 3.8) is 0 Å². The Morgan fingerprint density at radius 1 is 1.31 bits per heavy atom. The molecule has 0 radical (unpaired) electrons. The third kappa shape index (κ3) is 3.69. The van der Waals surface area contributed by atoms with Crippen LogP contribution in [0, 0.1) is 12.7 Å². The maximum Gasteiger partial charge on any atom is 0.260 e. The monoisotopic (exact) mass is 511 g/mol. The summed E-state index contributed by atoms with van der Waals surface area (Å²) in [7, 11) is 1.70. The zero-order valence-corrected chi connectivity index (χ0v) is 20.4. The summed E-state index contributed by atoms with van der Waals surface area (Å²) in [6.07, 6.45) is 2.86. The Kier molecular flexibility index (Phi) is 5.91. The van der Waals surface area contributed by atoms with Gasteiger partial charge in [0.05, 0.1) is 23.5 Å². The molecule has 11 heteroatoms.